The molecule has 0 aliphatic heterocycles. The molecule has 19 heavy (non-hydrogen) atoms. The zero-order valence-corrected chi connectivity index (χ0v) is 13.7. The summed E-state index contributed by atoms with van der Waals surface area (Å²) in [7, 11) is 0. The molecule has 2 fully saturated rings. The molecular weight excluding hydrogens is 320 g/mol. The Balaban J connectivity index is 1.57. The largest absolute Gasteiger partial charge is 0.126 e. The van der Waals surface area contributed by atoms with Crippen molar-refractivity contribution in [2.45, 2.75) is 38.5 Å². The van der Waals surface area contributed by atoms with Gasteiger partial charge in [0.15, 0.2) is 0 Å². The topological polar surface area (TPSA) is 0 Å². The molecule has 1 aromatic carbocycles. The molecule has 0 N–H and O–H groups in total. The first kappa shape index (κ1) is 13.9. The molecule has 2 aliphatic rings. The molecule has 4 unspecified atom stereocenters. The Morgan fingerprint density at radius 2 is 1.95 bits per heavy atom. The second kappa shape index (κ2) is 6.18. The molecule has 2 bridgehead atoms. The van der Waals surface area contributed by atoms with Crippen LogP contribution in [-0.4, -0.2) is 5.88 Å². The average molecular weight is 342 g/mol. The van der Waals surface area contributed by atoms with Gasteiger partial charge in [-0.3, -0.25) is 0 Å². The van der Waals surface area contributed by atoms with Crippen LogP contribution in [0.2, 0.25) is 0 Å². The maximum absolute atomic E-state index is 6.22. The maximum Gasteiger partial charge on any atom is 0.0255 e. The van der Waals surface area contributed by atoms with Gasteiger partial charge in [0.05, 0.1) is 0 Å². The van der Waals surface area contributed by atoms with Gasteiger partial charge in [0.2, 0.25) is 0 Å². The number of benzene rings is 1. The number of halogens is 2. The third-order valence-electron chi connectivity index (χ3n) is 5.18. The third kappa shape index (κ3) is 3.36. The monoisotopic (exact) mass is 340 g/mol. The Morgan fingerprint density at radius 1 is 1.16 bits per heavy atom. The summed E-state index contributed by atoms with van der Waals surface area (Å²) in [6.45, 7) is 0. The van der Waals surface area contributed by atoms with Crippen molar-refractivity contribution < 1.29 is 0 Å². The summed E-state index contributed by atoms with van der Waals surface area (Å²) in [4.78, 5) is 0. The highest BCUT2D eigenvalue weighted by Crippen LogP contribution is 2.50. The first-order chi connectivity index (χ1) is 9.24. The predicted octanol–water partition coefficient (Wildman–Crippen LogP) is 5.67. The lowest BCUT2D eigenvalue weighted by Crippen LogP contribution is -2.17. The van der Waals surface area contributed by atoms with E-state index in [4.69, 9.17) is 11.6 Å². The molecule has 104 valence electrons. The number of rotatable bonds is 5. The van der Waals surface area contributed by atoms with Crippen LogP contribution in [0, 0.1) is 23.7 Å². The molecular formula is C17H22BrCl. The minimum absolute atomic E-state index is 0.659. The minimum atomic E-state index is 0.659. The van der Waals surface area contributed by atoms with Crippen molar-refractivity contribution in [1.82, 2.24) is 0 Å². The quantitative estimate of drug-likeness (QED) is 0.605. The van der Waals surface area contributed by atoms with E-state index in [1.54, 1.807) is 0 Å². The van der Waals surface area contributed by atoms with Crippen LogP contribution in [0.25, 0.3) is 0 Å². The van der Waals surface area contributed by atoms with Gasteiger partial charge in [-0.05, 0) is 73.5 Å². The fraction of sp³-hybridized carbons (Fsp3) is 0.647. The van der Waals surface area contributed by atoms with Crippen molar-refractivity contribution in [2.24, 2.45) is 23.7 Å². The summed E-state index contributed by atoms with van der Waals surface area (Å²) < 4.78 is 1.16. The van der Waals surface area contributed by atoms with Gasteiger partial charge in [0.1, 0.15) is 0 Å². The van der Waals surface area contributed by atoms with Crippen molar-refractivity contribution in [3.63, 3.8) is 0 Å². The fourth-order valence-electron chi connectivity index (χ4n) is 4.25. The summed E-state index contributed by atoms with van der Waals surface area (Å²) in [5.74, 6) is 4.52. The van der Waals surface area contributed by atoms with E-state index in [2.05, 4.69) is 40.2 Å². The molecule has 0 nitrogen and oxygen atoms in total. The molecule has 1 aromatic rings. The van der Waals surface area contributed by atoms with E-state index < -0.39 is 0 Å². The highest BCUT2D eigenvalue weighted by Gasteiger charge is 2.39. The van der Waals surface area contributed by atoms with E-state index >= 15 is 0 Å². The van der Waals surface area contributed by atoms with Crippen molar-refractivity contribution in [1.29, 1.82) is 0 Å². The molecule has 3 rings (SSSR count). The summed E-state index contributed by atoms with van der Waals surface area (Å²) in [5, 5.41) is 0. The van der Waals surface area contributed by atoms with Crippen molar-refractivity contribution in [3.05, 3.63) is 34.3 Å². The standard InChI is InChI=1S/C17H22BrCl/c18-17-5-2-12(3-6-17)7-14(11-19)10-16-9-13-1-4-15(16)8-13/h2-3,5-6,13-16H,1,4,7-11H2. The second-order valence-electron chi connectivity index (χ2n) is 6.52. The number of hydrogen-bond donors (Lipinski definition) is 0. The van der Waals surface area contributed by atoms with Crippen LogP contribution in [0.5, 0.6) is 0 Å². The summed E-state index contributed by atoms with van der Waals surface area (Å²) in [6, 6.07) is 8.73. The number of hydrogen-bond acceptors (Lipinski definition) is 0. The van der Waals surface area contributed by atoms with E-state index in [0.717, 1.165) is 34.5 Å². The minimum Gasteiger partial charge on any atom is -0.126 e. The van der Waals surface area contributed by atoms with Gasteiger partial charge < -0.3 is 0 Å². The highest BCUT2D eigenvalue weighted by atomic mass is 79.9. The third-order valence-corrected chi connectivity index (χ3v) is 6.14. The zero-order valence-electron chi connectivity index (χ0n) is 11.3. The van der Waals surface area contributed by atoms with Crippen molar-refractivity contribution in [2.75, 3.05) is 5.88 Å². The Morgan fingerprint density at radius 3 is 2.53 bits per heavy atom. The lowest BCUT2D eigenvalue weighted by atomic mass is 9.81. The first-order valence-corrected chi connectivity index (χ1v) is 8.87. The lowest BCUT2D eigenvalue weighted by Gasteiger charge is -2.25. The lowest BCUT2D eigenvalue weighted by molar-refractivity contribution is 0.276. The van der Waals surface area contributed by atoms with E-state index in [1.807, 2.05) is 0 Å². The molecule has 0 aromatic heterocycles. The van der Waals surface area contributed by atoms with Gasteiger partial charge in [0.25, 0.3) is 0 Å². The average Bonchev–Trinajstić information content (AvgIpc) is 3.03. The Labute approximate surface area is 130 Å². The Bertz CT molecular complexity index is 414. The molecule has 0 saturated heterocycles. The van der Waals surface area contributed by atoms with Gasteiger partial charge in [-0.25, -0.2) is 0 Å². The van der Waals surface area contributed by atoms with Gasteiger partial charge in [-0.1, -0.05) is 34.5 Å². The summed E-state index contributed by atoms with van der Waals surface area (Å²) in [5.41, 5.74) is 1.43. The van der Waals surface area contributed by atoms with Gasteiger partial charge >= 0.3 is 0 Å². The van der Waals surface area contributed by atoms with Crippen LogP contribution in [0.15, 0.2) is 28.7 Å². The number of alkyl halides is 1. The predicted molar refractivity (Wildman–Crippen MR) is 85.6 cm³/mol. The number of fused-ring (bicyclic) bond motifs is 2. The smallest absolute Gasteiger partial charge is 0.0255 e. The molecule has 0 radical (unpaired) electrons. The van der Waals surface area contributed by atoms with Crippen LogP contribution in [0.3, 0.4) is 0 Å². The molecule has 0 heterocycles. The van der Waals surface area contributed by atoms with Gasteiger partial charge in [0, 0.05) is 10.4 Å². The molecule has 0 amide bonds. The molecule has 0 spiro atoms. The molecule has 2 aliphatic carbocycles. The molecule has 2 heteroatoms. The van der Waals surface area contributed by atoms with E-state index in [-0.39, 0.29) is 0 Å². The van der Waals surface area contributed by atoms with E-state index in [0.29, 0.717) is 5.92 Å². The highest BCUT2D eigenvalue weighted by molar-refractivity contribution is 9.10. The first-order valence-electron chi connectivity index (χ1n) is 7.55. The van der Waals surface area contributed by atoms with Crippen LogP contribution in [-0.2, 0) is 6.42 Å². The van der Waals surface area contributed by atoms with Crippen LogP contribution in [0.1, 0.15) is 37.7 Å². The van der Waals surface area contributed by atoms with Crippen molar-refractivity contribution in [3.8, 4) is 0 Å². The fourth-order valence-corrected chi connectivity index (χ4v) is 4.75. The van der Waals surface area contributed by atoms with E-state index in [9.17, 15) is 0 Å². The maximum atomic E-state index is 6.22. The SMILES string of the molecule is ClCC(Cc1ccc(Br)cc1)CC1CC2CCC1C2. The van der Waals surface area contributed by atoms with Crippen LogP contribution >= 0.6 is 27.5 Å². The van der Waals surface area contributed by atoms with Crippen LogP contribution in [0.4, 0.5) is 0 Å². The summed E-state index contributed by atoms with van der Waals surface area (Å²) in [6.07, 6.45) is 8.48. The van der Waals surface area contributed by atoms with E-state index in [1.165, 1.54) is 37.7 Å². The normalized spacial score (nSPS) is 30.7. The Kier molecular flexibility index (Phi) is 4.54. The van der Waals surface area contributed by atoms with Crippen molar-refractivity contribution >= 4 is 27.5 Å². The van der Waals surface area contributed by atoms with Crippen LogP contribution < -0.4 is 0 Å². The summed E-state index contributed by atoms with van der Waals surface area (Å²) >= 11 is 9.72. The molecule has 2 saturated carbocycles. The second-order valence-corrected chi connectivity index (χ2v) is 7.75. The Hall–Kier alpha value is -0.0100. The molecule has 4 atom stereocenters. The van der Waals surface area contributed by atoms with Gasteiger partial charge in [-0.2, -0.15) is 0 Å². The van der Waals surface area contributed by atoms with Gasteiger partial charge in [-0.15, -0.1) is 11.6 Å². The zero-order chi connectivity index (χ0) is 13.2.